The van der Waals surface area contributed by atoms with Crippen LogP contribution in [0.15, 0.2) is 10.2 Å². The molecule has 2 atom stereocenters. The number of rotatable bonds is 22. The van der Waals surface area contributed by atoms with E-state index in [2.05, 4.69) is 106 Å². The van der Waals surface area contributed by atoms with Gasteiger partial charge in [0.1, 0.15) is 0 Å². The molecule has 0 bridgehead atoms. The van der Waals surface area contributed by atoms with Crippen LogP contribution in [0, 0.1) is 0 Å². The van der Waals surface area contributed by atoms with E-state index in [9.17, 15) is 0 Å². The fourth-order valence-corrected chi connectivity index (χ4v) is 22.7. The second kappa shape index (κ2) is 19.3. The predicted molar refractivity (Wildman–Crippen MR) is 192 cm³/mol. The summed E-state index contributed by atoms with van der Waals surface area (Å²) in [6.45, 7) is 33.2. The van der Waals surface area contributed by atoms with Crippen LogP contribution < -0.4 is 0 Å². The Labute approximate surface area is 260 Å². The Morgan fingerprint density at radius 3 is 1.48 bits per heavy atom. The van der Waals surface area contributed by atoms with Crippen molar-refractivity contribution in [3.63, 3.8) is 0 Å². The van der Waals surface area contributed by atoms with Gasteiger partial charge in [-0.05, 0) is 18.1 Å². The Morgan fingerprint density at radius 2 is 1.05 bits per heavy atom. The molecule has 0 spiro atoms. The quantitative estimate of drug-likeness (QED) is 0.0825. The van der Waals surface area contributed by atoms with E-state index in [1.807, 2.05) is 0 Å². The third kappa shape index (κ3) is 16.1. The third-order valence-corrected chi connectivity index (χ3v) is 33.5. The fourth-order valence-electron chi connectivity index (χ4n) is 5.24. The molecule has 0 aromatic carbocycles. The molecule has 0 aliphatic rings. The average Bonchev–Trinajstić information content (AvgIpc) is 2.82. The van der Waals surface area contributed by atoms with E-state index >= 15 is 0 Å². The summed E-state index contributed by atoms with van der Waals surface area (Å²) in [4.78, 5) is 0. The van der Waals surface area contributed by atoms with Crippen molar-refractivity contribution < 1.29 is 8.85 Å². The van der Waals surface area contributed by atoms with Crippen molar-refractivity contribution in [1.82, 2.24) is 0 Å². The van der Waals surface area contributed by atoms with E-state index in [1.165, 1.54) is 70.6 Å². The van der Waals surface area contributed by atoms with Crippen molar-refractivity contribution in [1.29, 1.82) is 0 Å². The van der Waals surface area contributed by atoms with Crippen molar-refractivity contribution in [2.24, 2.45) is 0 Å². The summed E-state index contributed by atoms with van der Waals surface area (Å²) in [7, 11) is -3.49. The van der Waals surface area contributed by atoms with Crippen LogP contribution in [0.5, 0.6) is 0 Å². The topological polar surface area (TPSA) is 18.5 Å². The monoisotopic (exact) mass is 704 g/mol. The number of allylic oxidation sites excluding steroid dienone is 1. The molecule has 0 aliphatic heterocycles. The molecule has 0 rings (SSSR count). The van der Waals surface area contributed by atoms with Crippen molar-refractivity contribution in [2.45, 2.75) is 208 Å². The molecule has 0 saturated carbocycles. The van der Waals surface area contributed by atoms with Gasteiger partial charge >= 0.3 is 223 Å². The van der Waals surface area contributed by atoms with Crippen LogP contribution >= 0.6 is 0 Å². The summed E-state index contributed by atoms with van der Waals surface area (Å²) in [5.74, 6) is 0. The van der Waals surface area contributed by atoms with Gasteiger partial charge in [-0.15, -0.1) is 0 Å². The molecule has 0 N–H and O–H groups in total. The molecule has 0 aromatic rings. The predicted octanol–water partition coefficient (Wildman–Crippen LogP) is 13.1. The first-order chi connectivity index (χ1) is 18.4. The Hall–Kier alpha value is 0.892. The number of unbranched alkanes of at least 4 members (excludes halogenated alkanes) is 4. The molecule has 0 saturated heterocycles. The molecular formula is C35H76O2Si2Sn. The molecule has 2 nitrogen and oxygen atoms in total. The summed E-state index contributed by atoms with van der Waals surface area (Å²) in [5, 5.41) is 0.532. The first-order valence-electron chi connectivity index (χ1n) is 17.4. The number of hydrogen-bond acceptors (Lipinski definition) is 2. The molecule has 0 amide bonds. The SMILES string of the molecule is CCC[CH2][Sn](/[CH]=C/CCC[C@H](CCC[C@H](C)O[Si](C)(C)C(C)(C)C)O[Si](C)(C)C(C)(C)C)([CH2]CCC)[CH2]CCC. The van der Waals surface area contributed by atoms with Gasteiger partial charge in [-0.3, -0.25) is 0 Å². The minimum absolute atomic E-state index is 0.260. The fraction of sp³-hybridized carbons (Fsp3) is 0.943. The van der Waals surface area contributed by atoms with E-state index in [4.69, 9.17) is 8.85 Å². The van der Waals surface area contributed by atoms with Gasteiger partial charge in [0, 0.05) is 0 Å². The summed E-state index contributed by atoms with van der Waals surface area (Å²) >= 11 is -2.16. The molecule has 0 radical (unpaired) electrons. The normalized spacial score (nSPS) is 15.7. The molecule has 240 valence electrons. The van der Waals surface area contributed by atoms with Crippen LogP contribution in [-0.2, 0) is 8.85 Å². The summed E-state index contributed by atoms with van der Waals surface area (Å²) in [5.41, 5.74) is 0. The molecule has 0 unspecified atom stereocenters. The van der Waals surface area contributed by atoms with Gasteiger partial charge in [-0.1, -0.05) is 20.8 Å². The van der Waals surface area contributed by atoms with Crippen molar-refractivity contribution in [3.8, 4) is 0 Å². The third-order valence-electron chi connectivity index (χ3n) is 10.2. The first-order valence-corrected chi connectivity index (χ1v) is 30.9. The van der Waals surface area contributed by atoms with Crippen molar-refractivity contribution in [2.75, 3.05) is 0 Å². The summed E-state index contributed by atoms with van der Waals surface area (Å²) in [6.07, 6.45) is 19.0. The Morgan fingerprint density at radius 1 is 0.625 bits per heavy atom. The Bertz CT molecular complexity index is 654. The summed E-state index contributed by atoms with van der Waals surface area (Å²) < 4.78 is 21.3. The Kier molecular flexibility index (Phi) is 19.7. The van der Waals surface area contributed by atoms with Crippen LogP contribution in [0.25, 0.3) is 0 Å². The maximum absolute atomic E-state index is 7.04. The van der Waals surface area contributed by atoms with Gasteiger partial charge in [-0.2, -0.15) is 0 Å². The first kappa shape index (κ1) is 40.9. The molecular weight excluding hydrogens is 627 g/mol. The van der Waals surface area contributed by atoms with Gasteiger partial charge < -0.3 is 0 Å². The van der Waals surface area contributed by atoms with Crippen molar-refractivity contribution in [3.05, 3.63) is 10.2 Å². The average molecular weight is 704 g/mol. The van der Waals surface area contributed by atoms with Crippen LogP contribution in [0.1, 0.15) is 146 Å². The molecule has 5 heteroatoms. The van der Waals surface area contributed by atoms with E-state index in [0.29, 0.717) is 12.2 Å². The van der Waals surface area contributed by atoms with Crippen LogP contribution in [0.2, 0.25) is 49.6 Å². The second-order valence-corrected chi connectivity index (χ2v) is 38.6. The van der Waals surface area contributed by atoms with E-state index in [0.717, 1.165) is 6.42 Å². The zero-order chi connectivity index (χ0) is 31.1. The van der Waals surface area contributed by atoms with Gasteiger partial charge in [0.05, 0.1) is 0 Å². The van der Waals surface area contributed by atoms with E-state index < -0.39 is 35.0 Å². The maximum atomic E-state index is 7.04. The van der Waals surface area contributed by atoms with E-state index in [1.54, 1.807) is 13.3 Å². The molecule has 0 aliphatic carbocycles. The number of hydrogen-bond donors (Lipinski definition) is 0. The molecule has 0 fully saturated rings. The molecule has 0 heterocycles. The zero-order valence-electron chi connectivity index (χ0n) is 30.2. The zero-order valence-corrected chi connectivity index (χ0v) is 35.1. The van der Waals surface area contributed by atoms with Crippen LogP contribution in [0.3, 0.4) is 0 Å². The molecule has 40 heavy (non-hydrogen) atoms. The van der Waals surface area contributed by atoms with Gasteiger partial charge in [0.2, 0.25) is 0 Å². The van der Waals surface area contributed by atoms with Gasteiger partial charge in [0.25, 0.3) is 0 Å². The minimum atomic E-state index is -2.16. The molecule has 0 aromatic heterocycles. The van der Waals surface area contributed by atoms with Gasteiger partial charge in [-0.25, -0.2) is 0 Å². The second-order valence-electron chi connectivity index (χ2n) is 16.1. The van der Waals surface area contributed by atoms with Crippen molar-refractivity contribution >= 4 is 35.0 Å². The van der Waals surface area contributed by atoms with Crippen LogP contribution in [-0.4, -0.2) is 47.2 Å². The van der Waals surface area contributed by atoms with Crippen LogP contribution in [0.4, 0.5) is 0 Å². The Balaban J connectivity index is 5.29. The summed E-state index contributed by atoms with van der Waals surface area (Å²) in [6, 6.07) is 0. The van der Waals surface area contributed by atoms with Gasteiger partial charge in [0.15, 0.2) is 0 Å². The standard InChI is InChI=1S/C23H49O2Si2.3C4H9.Sn/c1-13-14-15-18-21(25-27(11,12)23(6,7)8)19-16-17-20(2)24-26(9,10)22(3,4)5;3*1-3-4-2;/h1,13,20-21H,14-19H2,2-12H3;3*1,3-4H2,2H3;/t20-,21+;;;;/m0..../s1. The van der Waals surface area contributed by atoms with E-state index in [-0.39, 0.29) is 10.1 Å².